The molecule has 1 fully saturated rings. The standard InChI is InChI=1S/C22H28N2O3S/c1-16(2)28(26,27)21-12-8-7-11-20(21)22(25)23-19-13-14-24(15-19)17(3)18-9-5-4-6-10-18/h4-12,16-17,19H,13-15H2,1-3H3,(H,23,25). The van der Waals surface area contributed by atoms with Crippen molar-refractivity contribution in [2.45, 2.75) is 49.4 Å². The van der Waals surface area contributed by atoms with Crippen LogP contribution in [0.25, 0.3) is 0 Å². The average molecular weight is 401 g/mol. The number of nitrogens with zero attached hydrogens (tertiary/aromatic N) is 1. The van der Waals surface area contributed by atoms with Gasteiger partial charge in [-0.15, -0.1) is 0 Å². The lowest BCUT2D eigenvalue weighted by Gasteiger charge is -2.25. The molecule has 2 aromatic rings. The van der Waals surface area contributed by atoms with Gasteiger partial charge in [-0.2, -0.15) is 0 Å². The Morgan fingerprint density at radius 1 is 1.04 bits per heavy atom. The molecule has 1 amide bonds. The van der Waals surface area contributed by atoms with E-state index in [0.29, 0.717) is 0 Å². The topological polar surface area (TPSA) is 66.5 Å². The lowest BCUT2D eigenvalue weighted by Crippen LogP contribution is -2.38. The van der Waals surface area contributed by atoms with Gasteiger partial charge in [-0.25, -0.2) is 8.42 Å². The second-order valence-corrected chi connectivity index (χ2v) is 10.1. The zero-order valence-corrected chi connectivity index (χ0v) is 17.4. The summed E-state index contributed by atoms with van der Waals surface area (Å²) in [4.78, 5) is 15.3. The largest absolute Gasteiger partial charge is 0.348 e. The number of amides is 1. The molecule has 1 aliphatic rings. The van der Waals surface area contributed by atoms with Crippen molar-refractivity contribution in [1.82, 2.24) is 10.2 Å². The van der Waals surface area contributed by atoms with Crippen LogP contribution >= 0.6 is 0 Å². The molecule has 2 unspecified atom stereocenters. The van der Waals surface area contributed by atoms with Crippen LogP contribution in [-0.4, -0.2) is 43.6 Å². The molecule has 5 nitrogen and oxygen atoms in total. The van der Waals surface area contributed by atoms with E-state index in [-0.39, 0.29) is 28.4 Å². The normalized spacial score (nSPS) is 18.9. The van der Waals surface area contributed by atoms with Crippen molar-refractivity contribution in [3.05, 3.63) is 65.7 Å². The molecule has 0 radical (unpaired) electrons. The maximum absolute atomic E-state index is 12.8. The monoisotopic (exact) mass is 400 g/mol. The van der Waals surface area contributed by atoms with E-state index in [2.05, 4.69) is 29.3 Å². The van der Waals surface area contributed by atoms with Crippen LogP contribution in [0, 0.1) is 0 Å². The highest BCUT2D eigenvalue weighted by Gasteiger charge is 2.30. The number of rotatable bonds is 6. The molecule has 1 N–H and O–H groups in total. The van der Waals surface area contributed by atoms with Gasteiger partial charge >= 0.3 is 0 Å². The van der Waals surface area contributed by atoms with Gasteiger partial charge in [0, 0.05) is 25.2 Å². The van der Waals surface area contributed by atoms with E-state index in [1.807, 2.05) is 18.2 Å². The fraction of sp³-hybridized carbons (Fsp3) is 0.409. The minimum Gasteiger partial charge on any atom is -0.348 e. The third kappa shape index (κ3) is 4.28. The van der Waals surface area contributed by atoms with Crippen molar-refractivity contribution in [3.63, 3.8) is 0 Å². The SMILES string of the molecule is CC(c1ccccc1)N1CCC(NC(=O)c2ccccc2S(=O)(=O)C(C)C)C1. The Bertz CT molecular complexity index is 926. The lowest BCUT2D eigenvalue weighted by molar-refractivity contribution is 0.0933. The predicted molar refractivity (Wildman–Crippen MR) is 111 cm³/mol. The van der Waals surface area contributed by atoms with Gasteiger partial charge < -0.3 is 5.32 Å². The molecule has 150 valence electrons. The van der Waals surface area contributed by atoms with Crippen LogP contribution in [0.3, 0.4) is 0 Å². The lowest BCUT2D eigenvalue weighted by atomic mass is 10.1. The summed E-state index contributed by atoms with van der Waals surface area (Å²) in [6.45, 7) is 7.07. The van der Waals surface area contributed by atoms with Gasteiger partial charge in [-0.1, -0.05) is 42.5 Å². The van der Waals surface area contributed by atoms with Crippen LogP contribution in [0.2, 0.25) is 0 Å². The van der Waals surface area contributed by atoms with Crippen LogP contribution in [-0.2, 0) is 9.84 Å². The zero-order chi connectivity index (χ0) is 20.3. The molecular weight excluding hydrogens is 372 g/mol. The third-order valence-electron chi connectivity index (χ3n) is 5.44. The van der Waals surface area contributed by atoms with E-state index < -0.39 is 15.1 Å². The molecule has 1 aliphatic heterocycles. The third-order valence-corrected chi connectivity index (χ3v) is 7.65. The summed E-state index contributed by atoms with van der Waals surface area (Å²) in [5.74, 6) is -0.320. The Hall–Kier alpha value is -2.18. The van der Waals surface area contributed by atoms with Crippen molar-refractivity contribution < 1.29 is 13.2 Å². The molecule has 28 heavy (non-hydrogen) atoms. The predicted octanol–water partition coefficient (Wildman–Crippen LogP) is 3.43. The second-order valence-electron chi connectivity index (χ2n) is 7.63. The molecule has 2 aromatic carbocycles. The fourth-order valence-electron chi connectivity index (χ4n) is 3.62. The fourth-order valence-corrected chi connectivity index (χ4v) is 4.86. The number of carbonyl (C=O) groups is 1. The van der Waals surface area contributed by atoms with E-state index in [1.54, 1.807) is 32.0 Å². The Morgan fingerprint density at radius 2 is 1.68 bits per heavy atom. The molecule has 0 bridgehead atoms. The maximum Gasteiger partial charge on any atom is 0.252 e. The van der Waals surface area contributed by atoms with Crippen molar-refractivity contribution in [1.29, 1.82) is 0 Å². The van der Waals surface area contributed by atoms with Crippen molar-refractivity contribution in [2.24, 2.45) is 0 Å². The average Bonchev–Trinajstić information content (AvgIpc) is 3.16. The summed E-state index contributed by atoms with van der Waals surface area (Å²) in [6, 6.07) is 17.1. The Morgan fingerprint density at radius 3 is 2.36 bits per heavy atom. The molecule has 0 aliphatic carbocycles. The van der Waals surface area contributed by atoms with Gasteiger partial charge in [-0.3, -0.25) is 9.69 Å². The molecule has 6 heteroatoms. The summed E-state index contributed by atoms with van der Waals surface area (Å²) in [5, 5.41) is 2.46. The number of nitrogens with one attached hydrogen (secondary N) is 1. The number of carbonyl (C=O) groups excluding carboxylic acids is 1. The highest BCUT2D eigenvalue weighted by Crippen LogP contribution is 2.25. The second kappa shape index (κ2) is 8.45. The van der Waals surface area contributed by atoms with Gasteiger partial charge in [0.05, 0.1) is 15.7 Å². The van der Waals surface area contributed by atoms with E-state index in [1.165, 1.54) is 11.6 Å². The van der Waals surface area contributed by atoms with Crippen LogP contribution in [0.5, 0.6) is 0 Å². The number of likely N-dealkylation sites (tertiary alicyclic amines) is 1. The first-order valence-electron chi connectivity index (χ1n) is 9.73. The number of benzene rings is 2. The van der Waals surface area contributed by atoms with Gasteiger partial charge in [0.25, 0.3) is 5.91 Å². The molecule has 0 spiro atoms. The van der Waals surface area contributed by atoms with Crippen molar-refractivity contribution in [3.8, 4) is 0 Å². The van der Waals surface area contributed by atoms with E-state index in [0.717, 1.165) is 19.5 Å². The van der Waals surface area contributed by atoms with Crippen molar-refractivity contribution in [2.75, 3.05) is 13.1 Å². The molecule has 0 saturated carbocycles. The summed E-state index contributed by atoms with van der Waals surface area (Å²) < 4.78 is 25.2. The van der Waals surface area contributed by atoms with Crippen LogP contribution in [0.4, 0.5) is 0 Å². The minimum atomic E-state index is -3.52. The first-order chi connectivity index (χ1) is 13.3. The van der Waals surface area contributed by atoms with Crippen LogP contribution < -0.4 is 5.32 Å². The number of hydrogen-bond donors (Lipinski definition) is 1. The molecule has 1 heterocycles. The highest BCUT2D eigenvalue weighted by molar-refractivity contribution is 7.92. The van der Waals surface area contributed by atoms with Gasteiger partial charge in [0.1, 0.15) is 0 Å². The van der Waals surface area contributed by atoms with Crippen molar-refractivity contribution >= 4 is 15.7 Å². The molecule has 2 atom stereocenters. The first kappa shape index (κ1) is 20.6. The smallest absolute Gasteiger partial charge is 0.252 e. The summed E-state index contributed by atoms with van der Waals surface area (Å²) >= 11 is 0. The Balaban J connectivity index is 1.70. The molecule has 1 saturated heterocycles. The molecular formula is C22H28N2O3S. The number of hydrogen-bond acceptors (Lipinski definition) is 4. The van der Waals surface area contributed by atoms with Crippen LogP contribution in [0.1, 0.15) is 49.2 Å². The zero-order valence-electron chi connectivity index (χ0n) is 16.6. The first-order valence-corrected chi connectivity index (χ1v) is 11.3. The van der Waals surface area contributed by atoms with Gasteiger partial charge in [0.15, 0.2) is 9.84 Å². The van der Waals surface area contributed by atoms with E-state index >= 15 is 0 Å². The quantitative estimate of drug-likeness (QED) is 0.807. The maximum atomic E-state index is 12.8. The van der Waals surface area contributed by atoms with Gasteiger partial charge in [0.2, 0.25) is 0 Å². The summed E-state index contributed by atoms with van der Waals surface area (Å²) in [5.41, 5.74) is 1.48. The highest BCUT2D eigenvalue weighted by atomic mass is 32.2. The summed E-state index contributed by atoms with van der Waals surface area (Å²) in [6.07, 6.45) is 0.849. The van der Waals surface area contributed by atoms with Gasteiger partial charge in [-0.05, 0) is 44.9 Å². The summed E-state index contributed by atoms with van der Waals surface area (Å²) in [7, 11) is -3.52. The molecule has 3 rings (SSSR count). The van der Waals surface area contributed by atoms with E-state index in [9.17, 15) is 13.2 Å². The minimum absolute atomic E-state index is 0.00784. The van der Waals surface area contributed by atoms with E-state index in [4.69, 9.17) is 0 Å². The Labute approximate surface area is 167 Å². The van der Waals surface area contributed by atoms with Crippen LogP contribution in [0.15, 0.2) is 59.5 Å². The Kier molecular flexibility index (Phi) is 6.20. The molecule has 0 aromatic heterocycles. The number of sulfone groups is 1.